The minimum atomic E-state index is -1.10. The van der Waals surface area contributed by atoms with Crippen molar-refractivity contribution < 1.29 is 33.6 Å². The molecule has 0 radical (unpaired) electrons. The molecule has 0 saturated carbocycles. The van der Waals surface area contributed by atoms with E-state index in [4.69, 9.17) is 25.1 Å². The van der Waals surface area contributed by atoms with Gasteiger partial charge in [0.15, 0.2) is 0 Å². The van der Waals surface area contributed by atoms with Crippen molar-refractivity contribution >= 4 is 11.9 Å². The number of amides is 1. The molecular weight excluding hydrogens is 308 g/mol. The Morgan fingerprint density at radius 3 is 1.96 bits per heavy atom. The summed E-state index contributed by atoms with van der Waals surface area (Å²) in [6.07, 6.45) is 1.51. The second-order valence-electron chi connectivity index (χ2n) is 4.57. The lowest BCUT2D eigenvalue weighted by atomic mass is 10.4. The molecule has 0 heterocycles. The highest BCUT2D eigenvalue weighted by Crippen LogP contribution is 1.85. The molecule has 0 aromatic carbocycles. The van der Waals surface area contributed by atoms with E-state index in [1.807, 2.05) is 0 Å². The molecule has 0 bridgehead atoms. The van der Waals surface area contributed by atoms with E-state index in [-0.39, 0.29) is 12.5 Å². The average Bonchev–Trinajstić information content (AvgIpc) is 2.51. The van der Waals surface area contributed by atoms with Crippen LogP contribution in [0.1, 0.15) is 12.8 Å². The molecule has 0 atom stereocenters. The van der Waals surface area contributed by atoms with Crippen molar-refractivity contribution in [3.8, 4) is 0 Å². The number of carboxylic acid groups (broad SMARTS) is 1. The number of hydrogen-bond donors (Lipinski definition) is 3. The van der Waals surface area contributed by atoms with Crippen LogP contribution in [0.4, 0.5) is 0 Å². The van der Waals surface area contributed by atoms with E-state index >= 15 is 0 Å². The SMILES string of the molecule is NCCCOCCOCCOCCCNC(=O)COCC(=O)O. The van der Waals surface area contributed by atoms with E-state index in [1.54, 1.807) is 0 Å². The van der Waals surface area contributed by atoms with E-state index < -0.39 is 12.6 Å². The van der Waals surface area contributed by atoms with Gasteiger partial charge < -0.3 is 35.1 Å². The molecule has 0 aromatic rings. The molecule has 0 aliphatic heterocycles. The minimum Gasteiger partial charge on any atom is -0.480 e. The van der Waals surface area contributed by atoms with Crippen molar-refractivity contribution in [2.24, 2.45) is 5.73 Å². The largest absolute Gasteiger partial charge is 0.480 e. The van der Waals surface area contributed by atoms with Crippen molar-refractivity contribution in [3.05, 3.63) is 0 Å². The predicted octanol–water partition coefficient (Wildman–Crippen LogP) is -1.01. The van der Waals surface area contributed by atoms with Gasteiger partial charge in [-0.2, -0.15) is 0 Å². The molecule has 0 saturated heterocycles. The normalized spacial score (nSPS) is 10.7. The van der Waals surface area contributed by atoms with Gasteiger partial charge in [-0.15, -0.1) is 0 Å². The maximum Gasteiger partial charge on any atom is 0.329 e. The topological polar surface area (TPSA) is 129 Å². The van der Waals surface area contributed by atoms with Gasteiger partial charge in [0.2, 0.25) is 5.91 Å². The van der Waals surface area contributed by atoms with Crippen molar-refractivity contribution in [1.82, 2.24) is 5.32 Å². The average molecular weight is 336 g/mol. The molecule has 0 spiro atoms. The molecule has 4 N–H and O–H groups in total. The van der Waals surface area contributed by atoms with Crippen LogP contribution in [0.15, 0.2) is 0 Å². The van der Waals surface area contributed by atoms with Gasteiger partial charge in [0.25, 0.3) is 0 Å². The molecule has 0 aliphatic carbocycles. The van der Waals surface area contributed by atoms with Crippen molar-refractivity contribution in [2.75, 3.05) is 65.9 Å². The summed E-state index contributed by atoms with van der Waals surface area (Å²) in [6, 6.07) is 0. The molecule has 136 valence electrons. The van der Waals surface area contributed by atoms with Gasteiger partial charge in [0, 0.05) is 19.8 Å². The van der Waals surface area contributed by atoms with Gasteiger partial charge in [-0.05, 0) is 19.4 Å². The van der Waals surface area contributed by atoms with Crippen LogP contribution in [0.25, 0.3) is 0 Å². The van der Waals surface area contributed by atoms with Crippen LogP contribution < -0.4 is 11.1 Å². The number of ether oxygens (including phenoxy) is 4. The fourth-order valence-electron chi connectivity index (χ4n) is 1.41. The van der Waals surface area contributed by atoms with Gasteiger partial charge in [0.1, 0.15) is 13.2 Å². The van der Waals surface area contributed by atoms with Crippen LogP contribution in [0, 0.1) is 0 Å². The number of nitrogens with two attached hydrogens (primary N) is 1. The molecule has 0 rings (SSSR count). The van der Waals surface area contributed by atoms with Gasteiger partial charge in [-0.3, -0.25) is 4.79 Å². The van der Waals surface area contributed by atoms with Crippen LogP contribution in [0.5, 0.6) is 0 Å². The molecule has 0 aromatic heterocycles. The minimum absolute atomic E-state index is 0.256. The number of aliphatic carboxylic acids is 1. The third-order valence-corrected chi connectivity index (χ3v) is 2.48. The molecule has 9 heteroatoms. The Hall–Kier alpha value is -1.26. The second-order valence-corrected chi connectivity index (χ2v) is 4.57. The van der Waals surface area contributed by atoms with E-state index in [9.17, 15) is 9.59 Å². The predicted molar refractivity (Wildman–Crippen MR) is 82.2 cm³/mol. The zero-order chi connectivity index (χ0) is 17.2. The summed E-state index contributed by atoms with van der Waals surface area (Å²) in [6.45, 7) is 3.57. The van der Waals surface area contributed by atoms with Gasteiger partial charge in [-0.25, -0.2) is 4.79 Å². The van der Waals surface area contributed by atoms with E-state index in [2.05, 4.69) is 10.1 Å². The van der Waals surface area contributed by atoms with E-state index in [0.717, 1.165) is 6.42 Å². The Morgan fingerprint density at radius 2 is 1.39 bits per heavy atom. The highest BCUT2D eigenvalue weighted by Gasteiger charge is 2.02. The Morgan fingerprint density at radius 1 is 0.826 bits per heavy atom. The quantitative estimate of drug-likeness (QED) is 0.288. The van der Waals surface area contributed by atoms with E-state index in [0.29, 0.717) is 59.2 Å². The first-order valence-electron chi connectivity index (χ1n) is 7.66. The molecular formula is C14H28N2O7. The maximum atomic E-state index is 11.2. The Bertz CT molecular complexity index is 303. The lowest BCUT2D eigenvalue weighted by Gasteiger charge is -2.07. The first kappa shape index (κ1) is 21.7. The molecule has 1 amide bonds. The number of nitrogens with one attached hydrogen (secondary N) is 1. The summed E-state index contributed by atoms with van der Waals surface area (Å²) in [7, 11) is 0. The fourth-order valence-corrected chi connectivity index (χ4v) is 1.41. The smallest absolute Gasteiger partial charge is 0.329 e. The van der Waals surface area contributed by atoms with Crippen LogP contribution in [-0.2, 0) is 28.5 Å². The lowest BCUT2D eigenvalue weighted by Crippen LogP contribution is -2.30. The lowest BCUT2D eigenvalue weighted by molar-refractivity contribution is -0.143. The molecule has 9 nitrogen and oxygen atoms in total. The standard InChI is InChI=1S/C14H28N2O7/c15-3-1-5-20-7-9-22-10-8-21-6-2-4-16-13(17)11-23-12-14(18)19/h1-12,15H2,(H,16,17)(H,18,19). The number of rotatable bonds is 17. The Balaban J connectivity index is 3.12. The van der Waals surface area contributed by atoms with E-state index in [1.165, 1.54) is 0 Å². The summed E-state index contributed by atoms with van der Waals surface area (Å²) in [5.74, 6) is -1.44. The zero-order valence-corrected chi connectivity index (χ0v) is 13.5. The number of carbonyl (C=O) groups is 2. The Labute approximate surface area is 136 Å². The fraction of sp³-hybridized carbons (Fsp3) is 0.857. The number of carbonyl (C=O) groups excluding carboxylic acids is 1. The van der Waals surface area contributed by atoms with Gasteiger partial charge >= 0.3 is 5.97 Å². The van der Waals surface area contributed by atoms with Crippen LogP contribution in [-0.4, -0.2) is 82.9 Å². The third-order valence-electron chi connectivity index (χ3n) is 2.48. The summed E-state index contributed by atoms with van der Waals surface area (Å²) in [5.41, 5.74) is 5.33. The number of hydrogen-bond acceptors (Lipinski definition) is 7. The summed E-state index contributed by atoms with van der Waals surface area (Å²) in [5, 5.41) is 10.9. The van der Waals surface area contributed by atoms with Gasteiger partial charge in [0.05, 0.1) is 26.4 Å². The van der Waals surface area contributed by atoms with Crippen molar-refractivity contribution in [3.63, 3.8) is 0 Å². The summed E-state index contributed by atoms with van der Waals surface area (Å²) < 4.78 is 20.6. The maximum absolute atomic E-state index is 11.2. The summed E-state index contributed by atoms with van der Waals surface area (Å²) >= 11 is 0. The first-order valence-corrected chi connectivity index (χ1v) is 7.66. The molecule has 23 heavy (non-hydrogen) atoms. The van der Waals surface area contributed by atoms with Crippen LogP contribution >= 0.6 is 0 Å². The van der Waals surface area contributed by atoms with Crippen LogP contribution in [0.2, 0.25) is 0 Å². The van der Waals surface area contributed by atoms with Crippen LogP contribution in [0.3, 0.4) is 0 Å². The molecule has 0 fully saturated rings. The Kier molecular flexibility index (Phi) is 16.2. The second kappa shape index (κ2) is 17.1. The number of carboxylic acids is 1. The summed E-state index contributed by atoms with van der Waals surface area (Å²) in [4.78, 5) is 21.4. The van der Waals surface area contributed by atoms with Gasteiger partial charge in [-0.1, -0.05) is 0 Å². The molecule has 0 unspecified atom stereocenters. The third kappa shape index (κ3) is 18.7. The highest BCUT2D eigenvalue weighted by atomic mass is 16.5. The highest BCUT2D eigenvalue weighted by molar-refractivity contribution is 5.77. The van der Waals surface area contributed by atoms with Crippen molar-refractivity contribution in [1.29, 1.82) is 0 Å². The monoisotopic (exact) mass is 336 g/mol. The molecule has 0 aliphatic rings. The van der Waals surface area contributed by atoms with Crippen molar-refractivity contribution in [2.45, 2.75) is 12.8 Å². The first-order chi connectivity index (χ1) is 11.2. The zero-order valence-electron chi connectivity index (χ0n) is 13.5.